The number of fused-ring (bicyclic) bond motifs is 5. The second-order valence-corrected chi connectivity index (χ2v) is 8.00. The van der Waals surface area contributed by atoms with E-state index in [0.29, 0.717) is 23.5 Å². The fourth-order valence-corrected chi connectivity index (χ4v) is 5.67. The number of hydrogen-bond donors (Lipinski definition) is 2. The van der Waals surface area contributed by atoms with Crippen LogP contribution >= 0.6 is 0 Å². The summed E-state index contributed by atoms with van der Waals surface area (Å²) in [5.41, 5.74) is 3.81. The predicted molar refractivity (Wildman–Crippen MR) is 93.7 cm³/mol. The van der Waals surface area contributed by atoms with Gasteiger partial charge < -0.3 is 15.1 Å². The van der Waals surface area contributed by atoms with Gasteiger partial charge >= 0.3 is 5.97 Å². The van der Waals surface area contributed by atoms with E-state index in [1.165, 1.54) is 11.1 Å². The van der Waals surface area contributed by atoms with Crippen molar-refractivity contribution >= 4 is 11.7 Å². The Morgan fingerprint density at radius 2 is 2.16 bits per heavy atom. The number of hydrogen-bond acceptors (Lipinski definition) is 4. The fourth-order valence-electron chi connectivity index (χ4n) is 5.67. The summed E-state index contributed by atoms with van der Waals surface area (Å²) < 4.78 is 0. The second-order valence-electron chi connectivity index (χ2n) is 8.00. The molecule has 0 heterocycles. The summed E-state index contributed by atoms with van der Waals surface area (Å²) in [7, 11) is 0. The molecule has 3 unspecified atom stereocenters. The topological polar surface area (TPSA) is 79.1 Å². The summed E-state index contributed by atoms with van der Waals surface area (Å²) in [5, 5.41) is 22.7. The summed E-state index contributed by atoms with van der Waals surface area (Å²) in [6.07, 6.45) is 6.39. The number of aromatic hydroxyl groups is 1. The molecule has 1 aromatic carbocycles. The quantitative estimate of drug-likeness (QED) is 0.820. The summed E-state index contributed by atoms with van der Waals surface area (Å²) in [6, 6.07) is 5.86. The molecule has 0 aromatic heterocycles. The Morgan fingerprint density at radius 1 is 1.32 bits per heavy atom. The van der Waals surface area contributed by atoms with Crippen LogP contribution in [0.4, 0.5) is 0 Å². The van der Waals surface area contributed by atoms with E-state index >= 15 is 0 Å². The van der Waals surface area contributed by atoms with Crippen molar-refractivity contribution in [3.8, 4) is 5.75 Å². The predicted octanol–water partition coefficient (Wildman–Crippen LogP) is 3.71. The van der Waals surface area contributed by atoms with E-state index in [-0.39, 0.29) is 12.0 Å². The summed E-state index contributed by atoms with van der Waals surface area (Å²) in [6.45, 7) is 1.92. The zero-order chi connectivity index (χ0) is 17.6. The first-order valence-electron chi connectivity index (χ1n) is 9.22. The molecule has 0 spiro atoms. The van der Waals surface area contributed by atoms with Crippen LogP contribution in [0.3, 0.4) is 0 Å². The lowest BCUT2D eigenvalue weighted by atomic mass is 9.55. The van der Waals surface area contributed by atoms with E-state index in [2.05, 4.69) is 18.1 Å². The molecule has 2 N–H and O–H groups in total. The molecule has 5 heteroatoms. The number of phenolic OH excluding ortho intramolecular Hbond substituents is 1. The van der Waals surface area contributed by atoms with Gasteiger partial charge in [0.1, 0.15) is 5.75 Å². The molecule has 5 nitrogen and oxygen atoms in total. The van der Waals surface area contributed by atoms with E-state index in [1.807, 2.05) is 12.1 Å². The highest BCUT2D eigenvalue weighted by molar-refractivity contribution is 5.92. The van der Waals surface area contributed by atoms with E-state index in [0.717, 1.165) is 44.2 Å². The molecule has 4 atom stereocenters. The highest BCUT2D eigenvalue weighted by Gasteiger charge is 2.53. The van der Waals surface area contributed by atoms with Crippen molar-refractivity contribution in [2.75, 3.05) is 6.61 Å². The Morgan fingerprint density at radius 3 is 2.96 bits per heavy atom. The molecule has 0 radical (unpaired) electrons. The molecule has 2 saturated carbocycles. The van der Waals surface area contributed by atoms with Crippen LogP contribution in [0.15, 0.2) is 23.4 Å². The molecule has 0 saturated heterocycles. The molecule has 3 aliphatic carbocycles. The third kappa shape index (κ3) is 2.70. The third-order valence-corrected chi connectivity index (χ3v) is 6.81. The average Bonchev–Trinajstić information content (AvgIpc) is 2.91. The third-order valence-electron chi connectivity index (χ3n) is 6.81. The van der Waals surface area contributed by atoms with Crippen molar-refractivity contribution in [3.63, 3.8) is 0 Å². The van der Waals surface area contributed by atoms with Crippen molar-refractivity contribution < 1.29 is 19.8 Å². The zero-order valence-corrected chi connectivity index (χ0v) is 14.6. The van der Waals surface area contributed by atoms with E-state index in [4.69, 9.17) is 9.94 Å². The SMILES string of the molecule is C[C@]12CCC3c4ccc(O)cc4CCC3C1CCC2=NOCC(=O)O. The molecule has 4 rings (SSSR count). The highest BCUT2D eigenvalue weighted by atomic mass is 16.6. The van der Waals surface area contributed by atoms with E-state index in [9.17, 15) is 9.90 Å². The van der Waals surface area contributed by atoms with E-state index < -0.39 is 5.97 Å². The molecular formula is C20H25NO4. The van der Waals surface area contributed by atoms with Crippen molar-refractivity contribution in [1.29, 1.82) is 0 Å². The number of benzene rings is 1. The van der Waals surface area contributed by atoms with Gasteiger partial charge in [-0.05, 0) is 79.5 Å². The van der Waals surface area contributed by atoms with Gasteiger partial charge in [-0.25, -0.2) is 4.79 Å². The number of rotatable bonds is 3. The molecule has 0 bridgehead atoms. The summed E-state index contributed by atoms with van der Waals surface area (Å²) >= 11 is 0. The number of aliphatic carboxylic acids is 1. The standard InChI is InChI=1S/C20H25NO4/c1-20-9-8-15-14-5-3-13(22)10-12(14)2-4-16(15)17(20)6-7-18(20)21-25-11-19(23)24/h3,5,10,15-17,22H,2,4,6-9,11H2,1H3,(H,23,24)/t15?,16?,17?,20-/m0/s1. The minimum absolute atomic E-state index is 0.0358. The van der Waals surface area contributed by atoms with Gasteiger partial charge in [0.15, 0.2) is 0 Å². The minimum Gasteiger partial charge on any atom is -0.508 e. The number of phenols is 1. The zero-order valence-electron chi connectivity index (χ0n) is 14.6. The Hall–Kier alpha value is -2.04. The van der Waals surface area contributed by atoms with E-state index in [1.54, 1.807) is 0 Å². The van der Waals surface area contributed by atoms with Gasteiger partial charge in [0, 0.05) is 5.41 Å². The summed E-state index contributed by atoms with van der Waals surface area (Å²) in [5.74, 6) is 1.17. The van der Waals surface area contributed by atoms with Gasteiger partial charge in [0.25, 0.3) is 0 Å². The van der Waals surface area contributed by atoms with Crippen LogP contribution in [0.1, 0.15) is 56.1 Å². The van der Waals surface area contributed by atoms with Gasteiger partial charge in [-0.15, -0.1) is 0 Å². The monoisotopic (exact) mass is 343 g/mol. The van der Waals surface area contributed by atoms with Crippen LogP contribution < -0.4 is 0 Å². The Kier molecular flexibility index (Phi) is 3.97. The fraction of sp³-hybridized carbons (Fsp3) is 0.600. The smallest absolute Gasteiger partial charge is 0.344 e. The largest absolute Gasteiger partial charge is 0.508 e. The first-order valence-corrected chi connectivity index (χ1v) is 9.22. The Bertz CT molecular complexity index is 728. The molecular weight excluding hydrogens is 318 g/mol. The number of carboxylic acid groups (broad SMARTS) is 1. The number of nitrogens with zero attached hydrogens (tertiary/aromatic N) is 1. The minimum atomic E-state index is -0.986. The maximum atomic E-state index is 10.7. The first-order chi connectivity index (χ1) is 12.0. The molecule has 0 amide bonds. The second kappa shape index (κ2) is 6.04. The van der Waals surface area contributed by atoms with Crippen molar-refractivity contribution in [2.24, 2.45) is 22.4 Å². The van der Waals surface area contributed by atoms with Crippen LogP contribution in [-0.2, 0) is 16.1 Å². The lowest BCUT2D eigenvalue weighted by molar-refractivity contribution is -0.142. The van der Waals surface area contributed by atoms with Crippen molar-refractivity contribution in [1.82, 2.24) is 0 Å². The van der Waals surface area contributed by atoms with Crippen LogP contribution in [0.5, 0.6) is 5.75 Å². The molecule has 1 aromatic rings. The lowest BCUT2D eigenvalue weighted by Crippen LogP contribution is -2.42. The van der Waals surface area contributed by atoms with Crippen LogP contribution in [0.25, 0.3) is 0 Å². The van der Waals surface area contributed by atoms with Crippen LogP contribution in [0, 0.1) is 17.3 Å². The number of carboxylic acids is 1. The molecule has 3 aliphatic rings. The molecule has 2 fully saturated rings. The van der Waals surface area contributed by atoms with Gasteiger partial charge in [0.05, 0.1) is 5.71 Å². The Labute approximate surface area is 147 Å². The first kappa shape index (κ1) is 16.4. The normalized spacial score (nSPS) is 34.9. The molecule has 25 heavy (non-hydrogen) atoms. The number of carbonyl (C=O) groups is 1. The number of aryl methyl sites for hydroxylation is 1. The molecule has 134 valence electrons. The Balaban J connectivity index is 1.58. The van der Waals surface area contributed by atoms with Crippen molar-refractivity contribution in [2.45, 2.75) is 51.4 Å². The highest BCUT2D eigenvalue weighted by Crippen LogP contribution is 2.59. The van der Waals surface area contributed by atoms with Crippen LogP contribution in [-0.4, -0.2) is 28.5 Å². The average molecular weight is 343 g/mol. The van der Waals surface area contributed by atoms with Gasteiger partial charge in [-0.3, -0.25) is 0 Å². The lowest BCUT2D eigenvalue weighted by Gasteiger charge is -2.49. The maximum absolute atomic E-state index is 10.7. The maximum Gasteiger partial charge on any atom is 0.344 e. The van der Waals surface area contributed by atoms with Gasteiger partial charge in [-0.2, -0.15) is 0 Å². The van der Waals surface area contributed by atoms with Gasteiger partial charge in [0.2, 0.25) is 6.61 Å². The van der Waals surface area contributed by atoms with Gasteiger partial charge in [-0.1, -0.05) is 18.1 Å². The van der Waals surface area contributed by atoms with Crippen molar-refractivity contribution in [3.05, 3.63) is 29.3 Å². The van der Waals surface area contributed by atoms with Crippen LogP contribution in [0.2, 0.25) is 0 Å². The number of oxime groups is 1. The summed E-state index contributed by atoms with van der Waals surface area (Å²) in [4.78, 5) is 15.7. The molecule has 0 aliphatic heterocycles.